The summed E-state index contributed by atoms with van der Waals surface area (Å²) in [7, 11) is 2.18. The summed E-state index contributed by atoms with van der Waals surface area (Å²) >= 11 is 6.00. The van der Waals surface area contributed by atoms with Crippen molar-refractivity contribution < 1.29 is 0 Å². The van der Waals surface area contributed by atoms with Crippen LogP contribution in [0.15, 0.2) is 24.4 Å². The molecule has 2 aromatic rings. The van der Waals surface area contributed by atoms with Gasteiger partial charge in [0.15, 0.2) is 0 Å². The second-order valence-corrected chi connectivity index (χ2v) is 5.56. The van der Waals surface area contributed by atoms with Crippen molar-refractivity contribution in [3.63, 3.8) is 0 Å². The SMILES string of the molecule is CN1CCNC(Cc2c[nH]c3cc(Cl)ccc23)C1. The normalized spacial score (nSPS) is 21.6. The van der Waals surface area contributed by atoms with Crippen molar-refractivity contribution in [3.05, 3.63) is 35.0 Å². The van der Waals surface area contributed by atoms with Crippen LogP contribution in [0.1, 0.15) is 5.56 Å². The van der Waals surface area contributed by atoms with Gasteiger partial charge in [0.25, 0.3) is 0 Å². The molecule has 1 aliphatic heterocycles. The Hall–Kier alpha value is -1.03. The predicted octanol–water partition coefficient (Wildman–Crippen LogP) is 2.27. The number of halogens is 1. The van der Waals surface area contributed by atoms with Gasteiger partial charge < -0.3 is 15.2 Å². The molecule has 0 saturated carbocycles. The van der Waals surface area contributed by atoms with Gasteiger partial charge >= 0.3 is 0 Å². The average Bonchev–Trinajstić information content (AvgIpc) is 2.72. The highest BCUT2D eigenvalue weighted by Gasteiger charge is 2.18. The number of benzene rings is 1. The minimum Gasteiger partial charge on any atom is -0.361 e. The van der Waals surface area contributed by atoms with Gasteiger partial charge in [0.2, 0.25) is 0 Å². The number of likely N-dealkylation sites (N-methyl/N-ethyl adjacent to an activating group) is 1. The predicted molar refractivity (Wildman–Crippen MR) is 76.3 cm³/mol. The van der Waals surface area contributed by atoms with Crippen molar-refractivity contribution in [2.45, 2.75) is 12.5 Å². The van der Waals surface area contributed by atoms with Crippen LogP contribution in [0.5, 0.6) is 0 Å². The second-order valence-electron chi connectivity index (χ2n) is 5.12. The van der Waals surface area contributed by atoms with Crippen LogP contribution in [0, 0.1) is 0 Å². The van der Waals surface area contributed by atoms with E-state index < -0.39 is 0 Å². The van der Waals surface area contributed by atoms with Gasteiger partial charge in [-0.15, -0.1) is 0 Å². The lowest BCUT2D eigenvalue weighted by atomic mass is 10.0. The molecule has 96 valence electrons. The minimum atomic E-state index is 0.540. The zero-order valence-electron chi connectivity index (χ0n) is 10.5. The standard InChI is InChI=1S/C14H18ClN3/c1-18-5-4-16-12(9-18)6-10-8-17-14-7-11(15)2-3-13(10)14/h2-3,7-8,12,16-17H,4-6,9H2,1H3. The van der Waals surface area contributed by atoms with Crippen molar-refractivity contribution in [2.24, 2.45) is 0 Å². The Balaban J connectivity index is 1.82. The third-order valence-electron chi connectivity index (χ3n) is 3.65. The molecule has 1 aliphatic rings. The van der Waals surface area contributed by atoms with E-state index in [0.29, 0.717) is 6.04 Å². The molecule has 2 N–H and O–H groups in total. The largest absolute Gasteiger partial charge is 0.361 e. The molecule has 3 nitrogen and oxygen atoms in total. The molecule has 1 aromatic heterocycles. The van der Waals surface area contributed by atoms with Gasteiger partial charge in [0.05, 0.1) is 0 Å². The molecular weight excluding hydrogens is 246 g/mol. The van der Waals surface area contributed by atoms with E-state index in [2.05, 4.69) is 34.5 Å². The van der Waals surface area contributed by atoms with Crippen molar-refractivity contribution in [2.75, 3.05) is 26.7 Å². The number of fused-ring (bicyclic) bond motifs is 1. The monoisotopic (exact) mass is 263 g/mol. The molecular formula is C14H18ClN3. The number of H-pyrrole nitrogens is 1. The van der Waals surface area contributed by atoms with Crippen LogP contribution in [0.4, 0.5) is 0 Å². The molecule has 1 fully saturated rings. The molecule has 0 amide bonds. The van der Waals surface area contributed by atoms with Gasteiger partial charge in [-0.25, -0.2) is 0 Å². The van der Waals surface area contributed by atoms with E-state index in [9.17, 15) is 0 Å². The number of nitrogens with zero attached hydrogens (tertiary/aromatic N) is 1. The van der Waals surface area contributed by atoms with Crippen LogP contribution in [-0.4, -0.2) is 42.6 Å². The highest BCUT2D eigenvalue weighted by atomic mass is 35.5. The van der Waals surface area contributed by atoms with Gasteiger partial charge in [-0.1, -0.05) is 17.7 Å². The molecule has 0 radical (unpaired) electrons. The van der Waals surface area contributed by atoms with Crippen molar-refractivity contribution in [3.8, 4) is 0 Å². The summed E-state index contributed by atoms with van der Waals surface area (Å²) in [6, 6.07) is 6.59. The maximum absolute atomic E-state index is 6.00. The van der Waals surface area contributed by atoms with E-state index in [-0.39, 0.29) is 0 Å². The van der Waals surface area contributed by atoms with E-state index in [1.807, 2.05) is 12.1 Å². The van der Waals surface area contributed by atoms with Gasteiger partial charge in [0, 0.05) is 47.8 Å². The highest BCUT2D eigenvalue weighted by Crippen LogP contribution is 2.23. The molecule has 1 atom stereocenters. The number of rotatable bonds is 2. The summed E-state index contributed by atoms with van der Waals surface area (Å²) in [5, 5.41) is 5.65. The first kappa shape index (κ1) is 12.0. The zero-order chi connectivity index (χ0) is 12.5. The van der Waals surface area contributed by atoms with Crippen LogP contribution < -0.4 is 5.32 Å². The lowest BCUT2D eigenvalue weighted by Crippen LogP contribution is -2.49. The van der Waals surface area contributed by atoms with E-state index in [4.69, 9.17) is 11.6 Å². The average molecular weight is 264 g/mol. The lowest BCUT2D eigenvalue weighted by Gasteiger charge is -2.30. The van der Waals surface area contributed by atoms with Crippen molar-refractivity contribution in [1.29, 1.82) is 0 Å². The first-order chi connectivity index (χ1) is 8.72. The fourth-order valence-electron chi connectivity index (χ4n) is 2.72. The third-order valence-corrected chi connectivity index (χ3v) is 3.89. The number of aromatic amines is 1. The zero-order valence-corrected chi connectivity index (χ0v) is 11.3. The molecule has 1 saturated heterocycles. The summed E-state index contributed by atoms with van der Waals surface area (Å²) in [6.45, 7) is 3.33. The van der Waals surface area contributed by atoms with E-state index >= 15 is 0 Å². The Labute approximate surface area is 112 Å². The van der Waals surface area contributed by atoms with Crippen LogP contribution in [-0.2, 0) is 6.42 Å². The van der Waals surface area contributed by atoms with Gasteiger partial charge in [-0.05, 0) is 31.2 Å². The summed E-state index contributed by atoms with van der Waals surface area (Å²) in [5.41, 5.74) is 2.50. The Morgan fingerprint density at radius 1 is 1.44 bits per heavy atom. The quantitative estimate of drug-likeness (QED) is 0.871. The van der Waals surface area contributed by atoms with E-state index in [0.717, 1.165) is 36.6 Å². The highest BCUT2D eigenvalue weighted by molar-refractivity contribution is 6.31. The molecule has 3 rings (SSSR count). The van der Waals surface area contributed by atoms with Gasteiger partial charge in [-0.3, -0.25) is 0 Å². The number of hydrogen-bond acceptors (Lipinski definition) is 2. The fraction of sp³-hybridized carbons (Fsp3) is 0.429. The third kappa shape index (κ3) is 2.39. The molecule has 4 heteroatoms. The smallest absolute Gasteiger partial charge is 0.0471 e. The summed E-state index contributed by atoms with van der Waals surface area (Å²) in [6.07, 6.45) is 3.17. The Morgan fingerprint density at radius 3 is 3.17 bits per heavy atom. The number of piperazine rings is 1. The van der Waals surface area contributed by atoms with E-state index in [1.54, 1.807) is 0 Å². The Bertz CT molecular complexity index is 549. The van der Waals surface area contributed by atoms with Crippen LogP contribution in [0.2, 0.25) is 5.02 Å². The fourth-order valence-corrected chi connectivity index (χ4v) is 2.89. The van der Waals surface area contributed by atoms with E-state index in [1.165, 1.54) is 10.9 Å². The van der Waals surface area contributed by atoms with Crippen LogP contribution in [0.3, 0.4) is 0 Å². The molecule has 0 spiro atoms. The molecule has 1 unspecified atom stereocenters. The number of aromatic nitrogens is 1. The number of nitrogens with one attached hydrogen (secondary N) is 2. The minimum absolute atomic E-state index is 0.540. The first-order valence-electron chi connectivity index (χ1n) is 6.40. The topological polar surface area (TPSA) is 31.1 Å². The number of hydrogen-bond donors (Lipinski definition) is 2. The molecule has 0 aliphatic carbocycles. The van der Waals surface area contributed by atoms with Crippen LogP contribution in [0.25, 0.3) is 10.9 Å². The van der Waals surface area contributed by atoms with Crippen molar-refractivity contribution >= 4 is 22.5 Å². The maximum Gasteiger partial charge on any atom is 0.0471 e. The second kappa shape index (κ2) is 4.92. The lowest BCUT2D eigenvalue weighted by molar-refractivity contribution is 0.238. The van der Waals surface area contributed by atoms with Crippen LogP contribution >= 0.6 is 11.6 Å². The molecule has 18 heavy (non-hydrogen) atoms. The molecule has 2 heterocycles. The van der Waals surface area contributed by atoms with Crippen molar-refractivity contribution in [1.82, 2.24) is 15.2 Å². The van der Waals surface area contributed by atoms with Gasteiger partial charge in [-0.2, -0.15) is 0 Å². The van der Waals surface area contributed by atoms with Gasteiger partial charge in [0.1, 0.15) is 0 Å². The Morgan fingerprint density at radius 2 is 2.33 bits per heavy atom. The maximum atomic E-state index is 6.00. The first-order valence-corrected chi connectivity index (χ1v) is 6.77. The summed E-state index contributed by atoms with van der Waals surface area (Å²) in [5.74, 6) is 0. The Kier molecular flexibility index (Phi) is 3.29. The molecule has 0 bridgehead atoms. The molecule has 1 aromatic carbocycles. The summed E-state index contributed by atoms with van der Waals surface area (Å²) in [4.78, 5) is 5.69. The summed E-state index contributed by atoms with van der Waals surface area (Å²) < 4.78 is 0.